The van der Waals surface area contributed by atoms with Crippen LogP contribution in [0.1, 0.15) is 30.6 Å². The molecule has 1 aromatic carbocycles. The Hall–Kier alpha value is -2.65. The number of nitrogens with zero attached hydrogens (tertiary/aromatic N) is 3. The number of piperazine rings is 1. The van der Waals surface area contributed by atoms with Crippen molar-refractivity contribution in [3.05, 3.63) is 34.9 Å². The monoisotopic (exact) mass is 421 g/mol. The predicted molar refractivity (Wildman–Crippen MR) is 106 cm³/mol. The van der Waals surface area contributed by atoms with Gasteiger partial charge < -0.3 is 10.2 Å². The number of hydrazine groups is 1. The largest absolute Gasteiger partial charge is 0.344 e. The Balaban J connectivity index is 1.49. The Morgan fingerprint density at radius 2 is 1.90 bits per heavy atom. The van der Waals surface area contributed by atoms with Gasteiger partial charge in [0.1, 0.15) is 5.54 Å². The van der Waals surface area contributed by atoms with Gasteiger partial charge in [-0.25, -0.2) is 4.79 Å². The Bertz CT molecular complexity index is 840. The molecular weight excluding hydrogens is 398 g/mol. The highest BCUT2D eigenvalue weighted by Crippen LogP contribution is 2.19. The first kappa shape index (κ1) is 21.1. The van der Waals surface area contributed by atoms with Crippen molar-refractivity contribution in [2.24, 2.45) is 0 Å². The summed E-state index contributed by atoms with van der Waals surface area (Å²) in [7, 11) is 0. The van der Waals surface area contributed by atoms with Gasteiger partial charge in [-0.05, 0) is 31.5 Å². The molecule has 0 aromatic heterocycles. The van der Waals surface area contributed by atoms with Crippen molar-refractivity contribution in [2.75, 3.05) is 32.7 Å². The number of carbonyl (C=O) groups is 4. The average molecular weight is 422 g/mol. The highest BCUT2D eigenvalue weighted by Gasteiger charge is 2.47. The van der Waals surface area contributed by atoms with Gasteiger partial charge in [-0.2, -0.15) is 5.01 Å². The third kappa shape index (κ3) is 4.51. The van der Waals surface area contributed by atoms with E-state index in [0.717, 1.165) is 5.01 Å². The van der Waals surface area contributed by atoms with Crippen LogP contribution in [0.4, 0.5) is 4.79 Å². The normalized spacial score (nSPS) is 22.6. The van der Waals surface area contributed by atoms with Crippen molar-refractivity contribution in [1.29, 1.82) is 0 Å². The maximum atomic E-state index is 12.6. The molecule has 0 spiro atoms. The highest BCUT2D eigenvalue weighted by molar-refractivity contribution is 6.30. The van der Waals surface area contributed by atoms with Crippen LogP contribution in [0.25, 0.3) is 0 Å². The quantitative estimate of drug-likeness (QED) is 0.686. The first-order valence-electron chi connectivity index (χ1n) is 9.47. The Morgan fingerprint density at radius 1 is 1.21 bits per heavy atom. The molecule has 0 saturated carbocycles. The maximum Gasteiger partial charge on any atom is 0.344 e. The summed E-state index contributed by atoms with van der Waals surface area (Å²) in [5, 5.41) is 3.83. The van der Waals surface area contributed by atoms with Gasteiger partial charge >= 0.3 is 6.03 Å². The van der Waals surface area contributed by atoms with Gasteiger partial charge in [0.2, 0.25) is 0 Å². The lowest BCUT2D eigenvalue weighted by Gasteiger charge is -2.34. The number of hydrogen-bond donors (Lipinski definition) is 2. The van der Waals surface area contributed by atoms with E-state index < -0.39 is 23.4 Å². The fourth-order valence-corrected chi connectivity index (χ4v) is 3.49. The topological polar surface area (TPSA) is 102 Å². The summed E-state index contributed by atoms with van der Waals surface area (Å²) < 4.78 is 0. The lowest BCUT2D eigenvalue weighted by Crippen LogP contribution is -2.54. The van der Waals surface area contributed by atoms with Crippen LogP contribution in [-0.2, 0) is 9.59 Å². The van der Waals surface area contributed by atoms with Crippen molar-refractivity contribution >= 4 is 35.4 Å². The first-order chi connectivity index (χ1) is 13.7. The van der Waals surface area contributed by atoms with Crippen molar-refractivity contribution in [3.8, 4) is 0 Å². The zero-order valence-corrected chi connectivity index (χ0v) is 17.2. The van der Waals surface area contributed by atoms with E-state index in [-0.39, 0.29) is 12.5 Å². The average Bonchev–Trinajstić information content (AvgIpc) is 2.91. The number of carbonyl (C=O) groups excluding carboxylic acids is 4. The summed E-state index contributed by atoms with van der Waals surface area (Å²) in [6.07, 6.45) is 0.423. The van der Waals surface area contributed by atoms with E-state index >= 15 is 0 Å². The molecule has 156 valence electrons. The van der Waals surface area contributed by atoms with Gasteiger partial charge in [-0.1, -0.05) is 24.6 Å². The van der Waals surface area contributed by atoms with Crippen LogP contribution in [0.3, 0.4) is 0 Å². The van der Waals surface area contributed by atoms with Crippen molar-refractivity contribution in [2.45, 2.75) is 25.8 Å². The summed E-state index contributed by atoms with van der Waals surface area (Å²) in [6.45, 7) is 5.38. The molecule has 2 fully saturated rings. The van der Waals surface area contributed by atoms with Gasteiger partial charge in [0.05, 0.1) is 6.54 Å². The van der Waals surface area contributed by atoms with Crippen LogP contribution in [0.2, 0.25) is 5.02 Å². The van der Waals surface area contributed by atoms with Gasteiger partial charge in [0.25, 0.3) is 17.7 Å². The van der Waals surface area contributed by atoms with Crippen molar-refractivity contribution in [3.63, 3.8) is 0 Å². The summed E-state index contributed by atoms with van der Waals surface area (Å²) >= 11 is 5.95. The fraction of sp³-hybridized carbons (Fsp3) is 0.474. The SMILES string of the molecule is CCC1(C)NC(=O)N(NC(=O)CN2CCN(C(=O)c3cccc(Cl)c3)CC2)C1=O. The molecule has 0 radical (unpaired) electrons. The number of imide groups is 1. The lowest BCUT2D eigenvalue weighted by molar-refractivity contribution is -0.139. The summed E-state index contributed by atoms with van der Waals surface area (Å²) in [4.78, 5) is 52.8. The van der Waals surface area contributed by atoms with Crippen molar-refractivity contribution in [1.82, 2.24) is 25.6 Å². The molecule has 1 aromatic rings. The second-order valence-electron chi connectivity index (χ2n) is 7.37. The van der Waals surface area contributed by atoms with Gasteiger partial charge in [0, 0.05) is 36.8 Å². The van der Waals surface area contributed by atoms with Crippen LogP contribution in [0.15, 0.2) is 24.3 Å². The molecule has 2 heterocycles. The molecule has 10 heteroatoms. The van der Waals surface area contributed by atoms with Crippen LogP contribution < -0.4 is 10.7 Å². The number of hydrogen-bond acceptors (Lipinski definition) is 5. The van der Waals surface area contributed by atoms with Crippen LogP contribution in [0.5, 0.6) is 0 Å². The van der Waals surface area contributed by atoms with Crippen LogP contribution in [0, 0.1) is 0 Å². The molecule has 29 heavy (non-hydrogen) atoms. The van der Waals surface area contributed by atoms with E-state index in [1.165, 1.54) is 0 Å². The molecule has 2 aliphatic heterocycles. The maximum absolute atomic E-state index is 12.6. The molecule has 3 rings (SSSR count). The molecule has 2 N–H and O–H groups in total. The first-order valence-corrected chi connectivity index (χ1v) is 9.84. The number of rotatable bonds is 5. The highest BCUT2D eigenvalue weighted by atomic mass is 35.5. The van der Waals surface area contributed by atoms with E-state index in [2.05, 4.69) is 10.7 Å². The third-order valence-corrected chi connectivity index (χ3v) is 5.54. The minimum Gasteiger partial charge on any atom is -0.336 e. The summed E-state index contributed by atoms with van der Waals surface area (Å²) in [5.41, 5.74) is 1.90. The molecule has 5 amide bonds. The Morgan fingerprint density at radius 3 is 2.48 bits per heavy atom. The molecule has 0 bridgehead atoms. The summed E-state index contributed by atoms with van der Waals surface area (Å²) in [6, 6.07) is 6.16. The zero-order chi connectivity index (χ0) is 21.2. The number of urea groups is 1. The van der Waals surface area contributed by atoms with Crippen molar-refractivity contribution < 1.29 is 19.2 Å². The van der Waals surface area contributed by atoms with Gasteiger partial charge in [-0.15, -0.1) is 0 Å². The Kier molecular flexibility index (Phi) is 6.09. The number of benzene rings is 1. The molecule has 2 saturated heterocycles. The molecule has 0 aliphatic carbocycles. The van der Waals surface area contributed by atoms with E-state index in [1.807, 2.05) is 4.90 Å². The molecular formula is C19H24ClN5O4. The van der Waals surface area contributed by atoms with E-state index in [4.69, 9.17) is 11.6 Å². The van der Waals surface area contributed by atoms with Crippen LogP contribution in [-0.4, -0.2) is 76.8 Å². The lowest BCUT2D eigenvalue weighted by atomic mass is 10.00. The fourth-order valence-electron chi connectivity index (χ4n) is 3.30. The molecule has 2 aliphatic rings. The molecule has 1 unspecified atom stereocenters. The minimum absolute atomic E-state index is 0.0269. The van der Waals surface area contributed by atoms with E-state index in [0.29, 0.717) is 43.2 Å². The van der Waals surface area contributed by atoms with Crippen LogP contribution >= 0.6 is 11.6 Å². The predicted octanol–water partition coefficient (Wildman–Crippen LogP) is 0.850. The molecule has 9 nitrogen and oxygen atoms in total. The standard InChI is InChI=1S/C19H24ClN5O4/c1-3-19(2)17(28)25(18(29)21-19)22-15(26)12-23-7-9-24(10-8-23)16(27)13-5-4-6-14(20)11-13/h4-6,11H,3,7-10,12H2,1-2H3,(H,21,29)(H,22,26). The molecule has 1 atom stereocenters. The summed E-state index contributed by atoms with van der Waals surface area (Å²) in [5.74, 6) is -1.03. The number of halogens is 1. The van der Waals surface area contributed by atoms with E-state index in [1.54, 1.807) is 43.0 Å². The zero-order valence-electron chi connectivity index (χ0n) is 16.4. The third-order valence-electron chi connectivity index (χ3n) is 5.30. The van der Waals surface area contributed by atoms with Gasteiger partial charge in [0.15, 0.2) is 0 Å². The second-order valence-corrected chi connectivity index (χ2v) is 7.81. The second kappa shape index (κ2) is 8.38. The van der Waals surface area contributed by atoms with Gasteiger partial charge in [-0.3, -0.25) is 24.7 Å². The number of amides is 5. The number of nitrogens with one attached hydrogen (secondary N) is 2. The smallest absolute Gasteiger partial charge is 0.336 e. The van der Waals surface area contributed by atoms with E-state index in [9.17, 15) is 19.2 Å². The Labute approximate surface area is 173 Å². The minimum atomic E-state index is -1.00.